The molecule has 0 saturated carbocycles. The number of nitrogens with zero attached hydrogens (tertiary/aromatic N) is 2. The van der Waals surface area contributed by atoms with Gasteiger partial charge in [0.15, 0.2) is 0 Å². The fraction of sp³-hybridized carbons (Fsp3) is 0.526. The van der Waals surface area contributed by atoms with E-state index in [9.17, 15) is 14.0 Å². The van der Waals surface area contributed by atoms with Crippen LogP contribution in [0.15, 0.2) is 29.3 Å². The minimum Gasteiger partial charge on any atom is -0.460 e. The Morgan fingerprint density at radius 3 is 2.77 bits per heavy atom. The zero-order chi connectivity index (χ0) is 19.1. The lowest BCUT2D eigenvalue weighted by Crippen LogP contribution is -2.52. The number of rotatable bonds is 3. The van der Waals surface area contributed by atoms with Crippen LogP contribution in [0.4, 0.5) is 4.39 Å². The lowest BCUT2D eigenvalue weighted by Gasteiger charge is -2.38. The van der Waals surface area contributed by atoms with Gasteiger partial charge in [-0.2, -0.15) is 0 Å². The highest BCUT2D eigenvalue weighted by atomic mass is 19.1. The third kappa shape index (κ3) is 3.23. The molecule has 2 heterocycles. The highest BCUT2D eigenvalue weighted by Crippen LogP contribution is 2.44. The van der Waals surface area contributed by atoms with Crippen molar-refractivity contribution < 1.29 is 23.5 Å². The van der Waals surface area contributed by atoms with Crippen LogP contribution in [0.5, 0.6) is 0 Å². The zero-order valence-corrected chi connectivity index (χ0v) is 15.4. The van der Waals surface area contributed by atoms with E-state index in [0.29, 0.717) is 5.56 Å². The van der Waals surface area contributed by atoms with Crippen molar-refractivity contribution in [3.05, 3.63) is 35.6 Å². The highest BCUT2D eigenvalue weighted by molar-refractivity contribution is 6.08. The van der Waals surface area contributed by atoms with Crippen molar-refractivity contribution >= 4 is 17.7 Å². The van der Waals surface area contributed by atoms with Gasteiger partial charge in [-0.05, 0) is 26.8 Å². The maximum atomic E-state index is 14.5. The molecule has 140 valence electrons. The third-order valence-electron chi connectivity index (χ3n) is 4.59. The SMILES string of the molecule is CN1C(=O)[C@@H]2COC[C@]2(c2ccccc2F)N=C1CC(=O)OC(C)(C)C. The van der Waals surface area contributed by atoms with Crippen LogP contribution in [0.2, 0.25) is 0 Å². The monoisotopic (exact) mass is 362 g/mol. The molecule has 1 amide bonds. The predicted molar refractivity (Wildman–Crippen MR) is 93.1 cm³/mol. The minimum absolute atomic E-state index is 0.0933. The molecule has 26 heavy (non-hydrogen) atoms. The molecule has 2 atom stereocenters. The van der Waals surface area contributed by atoms with E-state index in [1.54, 1.807) is 46.0 Å². The summed E-state index contributed by atoms with van der Waals surface area (Å²) in [5.74, 6) is -1.53. The van der Waals surface area contributed by atoms with Gasteiger partial charge >= 0.3 is 5.97 Å². The minimum atomic E-state index is -1.15. The van der Waals surface area contributed by atoms with Gasteiger partial charge in [0.2, 0.25) is 5.91 Å². The molecule has 2 aliphatic heterocycles. The predicted octanol–water partition coefficient (Wildman–Crippen LogP) is 2.27. The largest absolute Gasteiger partial charge is 0.460 e. The number of carbonyl (C=O) groups excluding carboxylic acids is 2. The molecular weight excluding hydrogens is 339 g/mol. The van der Waals surface area contributed by atoms with E-state index >= 15 is 0 Å². The van der Waals surface area contributed by atoms with E-state index in [4.69, 9.17) is 9.47 Å². The number of hydrogen-bond donors (Lipinski definition) is 0. The van der Waals surface area contributed by atoms with Gasteiger partial charge < -0.3 is 14.4 Å². The van der Waals surface area contributed by atoms with Gasteiger partial charge in [-0.3, -0.25) is 14.6 Å². The van der Waals surface area contributed by atoms with Crippen molar-refractivity contribution in [2.24, 2.45) is 10.9 Å². The van der Waals surface area contributed by atoms with E-state index in [1.165, 1.54) is 11.0 Å². The van der Waals surface area contributed by atoms with Gasteiger partial charge in [-0.1, -0.05) is 18.2 Å². The van der Waals surface area contributed by atoms with Gasteiger partial charge in [-0.25, -0.2) is 4.39 Å². The van der Waals surface area contributed by atoms with Gasteiger partial charge in [0.25, 0.3) is 0 Å². The molecule has 6 nitrogen and oxygen atoms in total. The van der Waals surface area contributed by atoms with Crippen LogP contribution in [-0.4, -0.2) is 48.5 Å². The topological polar surface area (TPSA) is 68.2 Å². The first-order valence-electron chi connectivity index (χ1n) is 8.55. The second kappa shape index (κ2) is 6.46. The number of halogens is 1. The Kier molecular flexibility index (Phi) is 4.60. The summed E-state index contributed by atoms with van der Waals surface area (Å²) in [7, 11) is 1.56. The summed E-state index contributed by atoms with van der Waals surface area (Å²) in [6, 6.07) is 6.24. The Bertz CT molecular complexity index is 771. The number of benzene rings is 1. The average Bonchev–Trinajstić information content (AvgIpc) is 2.96. The Labute approximate surface area is 152 Å². The van der Waals surface area contributed by atoms with Crippen LogP contribution < -0.4 is 0 Å². The fourth-order valence-corrected chi connectivity index (χ4v) is 3.43. The Morgan fingerprint density at radius 2 is 2.12 bits per heavy atom. The standard InChI is InChI=1S/C19H23FN2O4/c1-18(2,3)26-16(23)9-15-21-19(12-7-5-6-8-14(12)20)11-25-10-13(19)17(24)22(15)4/h5-8,13H,9-11H2,1-4H3/t13-,19+/m0/s1. The smallest absolute Gasteiger partial charge is 0.313 e. The molecule has 1 aromatic rings. The van der Waals surface area contributed by atoms with Gasteiger partial charge in [0.05, 0.1) is 19.1 Å². The maximum Gasteiger partial charge on any atom is 0.313 e. The Balaban J connectivity index is 2.02. The molecular formula is C19H23FN2O4. The molecule has 0 spiro atoms. The molecule has 7 heteroatoms. The summed E-state index contributed by atoms with van der Waals surface area (Å²) in [6.45, 7) is 5.56. The second-order valence-electron chi connectivity index (χ2n) is 7.66. The van der Waals surface area contributed by atoms with Crippen molar-refractivity contribution in [1.82, 2.24) is 4.90 Å². The second-order valence-corrected chi connectivity index (χ2v) is 7.66. The van der Waals surface area contributed by atoms with Crippen LogP contribution in [0.3, 0.4) is 0 Å². The summed E-state index contributed by atoms with van der Waals surface area (Å²) < 4.78 is 25.4. The van der Waals surface area contributed by atoms with Crippen LogP contribution >= 0.6 is 0 Å². The third-order valence-corrected chi connectivity index (χ3v) is 4.59. The number of ether oxygens (including phenoxy) is 2. The average molecular weight is 362 g/mol. The molecule has 0 aromatic heterocycles. The number of fused-ring (bicyclic) bond motifs is 1. The fourth-order valence-electron chi connectivity index (χ4n) is 3.43. The summed E-state index contributed by atoms with van der Waals surface area (Å²) in [4.78, 5) is 31.1. The molecule has 1 fully saturated rings. The summed E-state index contributed by atoms with van der Waals surface area (Å²) in [5.41, 5.74) is -1.48. The quantitative estimate of drug-likeness (QED) is 0.774. The van der Waals surface area contributed by atoms with Crippen molar-refractivity contribution in [2.75, 3.05) is 20.3 Å². The van der Waals surface area contributed by atoms with E-state index in [2.05, 4.69) is 4.99 Å². The van der Waals surface area contributed by atoms with Crippen LogP contribution in [-0.2, 0) is 24.6 Å². The van der Waals surface area contributed by atoms with Gasteiger partial charge in [0, 0.05) is 12.6 Å². The maximum absolute atomic E-state index is 14.5. The van der Waals surface area contributed by atoms with E-state index in [-0.39, 0.29) is 31.4 Å². The molecule has 1 saturated heterocycles. The Hall–Kier alpha value is -2.28. The summed E-state index contributed by atoms with van der Waals surface area (Å²) in [6.07, 6.45) is -0.164. The number of amides is 1. The first-order valence-corrected chi connectivity index (χ1v) is 8.55. The van der Waals surface area contributed by atoms with E-state index in [0.717, 1.165) is 0 Å². The molecule has 0 radical (unpaired) electrons. The number of esters is 1. The van der Waals surface area contributed by atoms with Crippen LogP contribution in [0.1, 0.15) is 32.8 Å². The molecule has 0 unspecified atom stereocenters. The molecule has 0 aliphatic carbocycles. The number of hydrogen-bond acceptors (Lipinski definition) is 5. The summed E-state index contributed by atoms with van der Waals surface area (Å²) >= 11 is 0. The molecule has 3 rings (SSSR count). The zero-order valence-electron chi connectivity index (χ0n) is 15.4. The number of carbonyl (C=O) groups is 2. The first-order chi connectivity index (χ1) is 12.1. The van der Waals surface area contributed by atoms with Gasteiger partial charge in [-0.15, -0.1) is 0 Å². The van der Waals surface area contributed by atoms with Crippen LogP contribution in [0.25, 0.3) is 0 Å². The van der Waals surface area contributed by atoms with Crippen molar-refractivity contribution in [1.29, 1.82) is 0 Å². The molecule has 0 bridgehead atoms. The normalized spacial score (nSPS) is 25.7. The molecule has 2 aliphatic rings. The van der Waals surface area contributed by atoms with Crippen LogP contribution in [0, 0.1) is 11.7 Å². The van der Waals surface area contributed by atoms with Gasteiger partial charge in [0.1, 0.15) is 29.2 Å². The van der Waals surface area contributed by atoms with E-state index < -0.39 is 28.8 Å². The highest BCUT2D eigenvalue weighted by Gasteiger charge is 2.55. The molecule has 1 aromatic carbocycles. The van der Waals surface area contributed by atoms with Crippen molar-refractivity contribution in [3.8, 4) is 0 Å². The lowest BCUT2D eigenvalue weighted by atomic mass is 9.78. The Morgan fingerprint density at radius 1 is 1.42 bits per heavy atom. The lowest BCUT2D eigenvalue weighted by molar-refractivity contribution is -0.153. The first kappa shape index (κ1) is 18.5. The number of aliphatic imine (C=N–C) groups is 1. The van der Waals surface area contributed by atoms with Crippen molar-refractivity contribution in [3.63, 3.8) is 0 Å². The number of amidine groups is 1. The van der Waals surface area contributed by atoms with Crippen molar-refractivity contribution in [2.45, 2.75) is 38.3 Å². The summed E-state index contributed by atoms with van der Waals surface area (Å²) in [5, 5.41) is 0. The van der Waals surface area contributed by atoms with E-state index in [1.807, 2.05) is 0 Å². The molecule has 0 N–H and O–H groups in total.